The van der Waals surface area contributed by atoms with E-state index in [1.165, 1.54) is 0 Å². The van der Waals surface area contributed by atoms with Crippen molar-refractivity contribution in [1.82, 2.24) is 4.98 Å². The van der Waals surface area contributed by atoms with Gasteiger partial charge in [0.1, 0.15) is 11.5 Å². The van der Waals surface area contributed by atoms with E-state index in [0.717, 1.165) is 11.3 Å². The average molecular weight is 532 g/mol. The van der Waals surface area contributed by atoms with E-state index in [1.54, 1.807) is 54.9 Å². The molecule has 1 saturated heterocycles. The Labute approximate surface area is 229 Å². The first kappa shape index (κ1) is 23.6. The van der Waals surface area contributed by atoms with Crippen LogP contribution >= 0.6 is 11.6 Å². The number of hydrogen-bond acceptors (Lipinski definition) is 5. The fourth-order valence-corrected chi connectivity index (χ4v) is 6.80. The monoisotopic (exact) mass is 531 g/mol. The zero-order valence-electron chi connectivity index (χ0n) is 20.6. The lowest BCUT2D eigenvalue weighted by Crippen LogP contribution is -2.51. The number of anilines is 2. The summed E-state index contributed by atoms with van der Waals surface area (Å²) in [6, 6.07) is 23.6. The van der Waals surface area contributed by atoms with E-state index >= 15 is 0 Å². The minimum Gasteiger partial charge on any atom is -0.352 e. The molecule has 6 nitrogen and oxygen atoms in total. The number of carbonyl (C=O) groups excluding carboxylic acids is 3. The van der Waals surface area contributed by atoms with E-state index in [0.29, 0.717) is 27.4 Å². The zero-order valence-corrected chi connectivity index (χ0v) is 21.4. The van der Waals surface area contributed by atoms with E-state index in [2.05, 4.69) is 10.3 Å². The lowest BCUT2D eigenvalue weighted by Gasteiger charge is -2.37. The molecule has 39 heavy (non-hydrogen) atoms. The number of para-hydroxylation sites is 1. The number of nitrogens with one attached hydrogen (secondary N) is 1. The number of halogens is 1. The molecular weight excluding hydrogens is 510 g/mol. The maximum Gasteiger partial charge on any atom is 0.238 e. The van der Waals surface area contributed by atoms with Gasteiger partial charge in [-0.1, -0.05) is 72.3 Å². The predicted molar refractivity (Wildman–Crippen MR) is 150 cm³/mol. The number of ketones is 2. The number of fused-ring (bicyclic) bond motifs is 6. The number of pyridine rings is 1. The highest BCUT2D eigenvalue weighted by atomic mass is 35.5. The maximum atomic E-state index is 14.6. The van der Waals surface area contributed by atoms with Gasteiger partial charge in [-0.3, -0.25) is 19.4 Å². The van der Waals surface area contributed by atoms with Crippen LogP contribution in [0.15, 0.2) is 103 Å². The van der Waals surface area contributed by atoms with Gasteiger partial charge in [-0.15, -0.1) is 0 Å². The highest BCUT2D eigenvalue weighted by Crippen LogP contribution is 2.58. The summed E-state index contributed by atoms with van der Waals surface area (Å²) in [4.78, 5) is 49.4. The molecule has 190 valence electrons. The van der Waals surface area contributed by atoms with Crippen LogP contribution in [-0.4, -0.2) is 34.5 Å². The maximum absolute atomic E-state index is 14.6. The molecule has 0 unspecified atom stereocenters. The molecule has 0 bridgehead atoms. The van der Waals surface area contributed by atoms with Crippen LogP contribution < -0.4 is 10.2 Å². The molecule has 0 aliphatic carbocycles. The Morgan fingerprint density at radius 3 is 2.38 bits per heavy atom. The second kappa shape index (κ2) is 8.75. The number of Topliss-reactive ketones (excluding diaryl/α,β-unsaturated/α-hetero) is 2. The molecule has 1 spiro atoms. The van der Waals surface area contributed by atoms with Gasteiger partial charge in [0.05, 0.1) is 12.0 Å². The Balaban J connectivity index is 1.55. The van der Waals surface area contributed by atoms with E-state index in [1.807, 2.05) is 59.5 Å². The molecule has 3 aliphatic rings. The summed E-state index contributed by atoms with van der Waals surface area (Å²) in [6.07, 6.45) is 6.97. The summed E-state index contributed by atoms with van der Waals surface area (Å²) in [5.41, 5.74) is 2.46. The average Bonchev–Trinajstić information content (AvgIpc) is 3.45. The van der Waals surface area contributed by atoms with Gasteiger partial charge >= 0.3 is 0 Å². The number of nitrogens with zero attached hydrogens (tertiary/aromatic N) is 2. The molecule has 0 radical (unpaired) electrons. The second-order valence-corrected chi connectivity index (χ2v) is 10.5. The molecule has 0 saturated carbocycles. The molecule has 7 heteroatoms. The van der Waals surface area contributed by atoms with Crippen molar-refractivity contribution in [3.8, 4) is 0 Å². The Kier molecular flexibility index (Phi) is 5.28. The minimum absolute atomic E-state index is 0.224. The van der Waals surface area contributed by atoms with Crippen molar-refractivity contribution in [3.63, 3.8) is 0 Å². The van der Waals surface area contributed by atoms with E-state index in [4.69, 9.17) is 11.6 Å². The molecule has 7 rings (SSSR count). The Morgan fingerprint density at radius 2 is 1.59 bits per heavy atom. The van der Waals surface area contributed by atoms with Gasteiger partial charge in [0.25, 0.3) is 0 Å². The van der Waals surface area contributed by atoms with Gasteiger partial charge in [0, 0.05) is 39.9 Å². The largest absolute Gasteiger partial charge is 0.352 e. The topological polar surface area (TPSA) is 79.4 Å². The number of benzene rings is 3. The normalized spacial score (nSPS) is 24.2. The third kappa shape index (κ3) is 3.28. The Bertz CT molecular complexity index is 1690. The summed E-state index contributed by atoms with van der Waals surface area (Å²) in [5, 5.41) is 3.60. The quantitative estimate of drug-likeness (QED) is 0.347. The van der Waals surface area contributed by atoms with Crippen molar-refractivity contribution >= 4 is 46.5 Å². The Hall–Kier alpha value is -4.55. The van der Waals surface area contributed by atoms with Gasteiger partial charge in [0.15, 0.2) is 11.6 Å². The first-order valence-corrected chi connectivity index (χ1v) is 13.1. The number of hydrogen-bond donors (Lipinski definition) is 1. The number of aromatic nitrogens is 1. The number of rotatable bonds is 4. The smallest absolute Gasteiger partial charge is 0.238 e. The molecule has 1 aromatic heterocycles. The second-order valence-electron chi connectivity index (χ2n) is 10.0. The molecule has 4 aromatic rings. The van der Waals surface area contributed by atoms with Gasteiger partial charge < -0.3 is 10.2 Å². The van der Waals surface area contributed by atoms with Crippen molar-refractivity contribution in [3.05, 3.63) is 131 Å². The van der Waals surface area contributed by atoms with Crippen LogP contribution in [-0.2, 0) is 10.2 Å². The zero-order chi connectivity index (χ0) is 26.7. The van der Waals surface area contributed by atoms with Gasteiger partial charge in [-0.05, 0) is 47.5 Å². The molecule has 1 fully saturated rings. The van der Waals surface area contributed by atoms with Crippen molar-refractivity contribution in [2.45, 2.75) is 17.5 Å². The summed E-state index contributed by atoms with van der Waals surface area (Å²) in [6.45, 7) is 0. The Morgan fingerprint density at radius 1 is 0.872 bits per heavy atom. The van der Waals surface area contributed by atoms with Crippen LogP contribution in [0.3, 0.4) is 0 Å². The summed E-state index contributed by atoms with van der Waals surface area (Å²) >= 11 is 6.34. The number of carbonyl (C=O) groups is 3. The van der Waals surface area contributed by atoms with Crippen LogP contribution in [0.2, 0.25) is 5.02 Å². The van der Waals surface area contributed by atoms with Crippen LogP contribution in [0.4, 0.5) is 11.4 Å². The van der Waals surface area contributed by atoms with Crippen molar-refractivity contribution in [1.29, 1.82) is 0 Å². The lowest BCUT2D eigenvalue weighted by atomic mass is 9.64. The lowest BCUT2D eigenvalue weighted by molar-refractivity contribution is -0.121. The molecular formula is C32H22ClN3O3. The van der Waals surface area contributed by atoms with Crippen LogP contribution in [0.5, 0.6) is 0 Å². The molecule has 1 amide bonds. The van der Waals surface area contributed by atoms with Gasteiger partial charge in [-0.25, -0.2) is 0 Å². The standard InChI is InChI=1S/C32H22ClN3O3/c33-22-11-12-25-21(18-22)10-13-26-32(23-8-4-5-9-24(23)35-31(32)39)27(29(37)20-14-16-34-17-15-20)28(36(25)26)30(38)19-6-2-1-3-7-19/h1-18,26-28H,(H,35,39)/t26-,27-,28+,32-/m1/s1. The summed E-state index contributed by atoms with van der Waals surface area (Å²) in [5.74, 6) is -1.82. The van der Waals surface area contributed by atoms with E-state index in [-0.39, 0.29) is 17.5 Å². The molecule has 3 aromatic carbocycles. The summed E-state index contributed by atoms with van der Waals surface area (Å²) < 4.78 is 0. The first-order chi connectivity index (χ1) is 19.0. The van der Waals surface area contributed by atoms with Crippen molar-refractivity contribution < 1.29 is 14.4 Å². The molecule has 4 atom stereocenters. The first-order valence-electron chi connectivity index (χ1n) is 12.7. The summed E-state index contributed by atoms with van der Waals surface area (Å²) in [7, 11) is 0. The van der Waals surface area contributed by atoms with Crippen molar-refractivity contribution in [2.75, 3.05) is 10.2 Å². The molecule has 4 heterocycles. The van der Waals surface area contributed by atoms with Gasteiger partial charge in [0.2, 0.25) is 5.91 Å². The predicted octanol–water partition coefficient (Wildman–Crippen LogP) is 5.59. The van der Waals surface area contributed by atoms with Crippen molar-refractivity contribution in [2.24, 2.45) is 5.92 Å². The van der Waals surface area contributed by atoms with Crippen LogP contribution in [0.1, 0.15) is 31.8 Å². The molecule has 3 aliphatic heterocycles. The third-order valence-electron chi connectivity index (χ3n) is 8.17. The van der Waals surface area contributed by atoms with Gasteiger partial charge in [-0.2, -0.15) is 0 Å². The highest BCUT2D eigenvalue weighted by molar-refractivity contribution is 6.31. The fourth-order valence-electron chi connectivity index (χ4n) is 6.62. The minimum atomic E-state index is -1.35. The van der Waals surface area contributed by atoms with E-state index < -0.39 is 23.4 Å². The molecule has 1 N–H and O–H groups in total. The number of amides is 1. The van der Waals surface area contributed by atoms with E-state index in [9.17, 15) is 14.4 Å². The fraction of sp³-hybridized carbons (Fsp3) is 0.125. The SMILES string of the molecule is O=C(c1ccccc1)[C@@H]1[C@H](C(=O)c2ccncc2)[C@]2(C(=O)Nc3ccccc32)[C@H]2C=Cc3cc(Cl)ccc3N12. The van der Waals surface area contributed by atoms with Crippen LogP contribution in [0, 0.1) is 5.92 Å². The van der Waals surface area contributed by atoms with Crippen LogP contribution in [0.25, 0.3) is 6.08 Å². The highest BCUT2D eigenvalue weighted by Gasteiger charge is 2.70. The third-order valence-corrected chi connectivity index (χ3v) is 8.40.